The zero-order chi connectivity index (χ0) is 17.2. The minimum Gasteiger partial charge on any atom is -0.495 e. The molecule has 0 aliphatic carbocycles. The van der Waals surface area contributed by atoms with Crippen LogP contribution in [0.2, 0.25) is 0 Å². The summed E-state index contributed by atoms with van der Waals surface area (Å²) in [6.07, 6.45) is 1.81. The summed E-state index contributed by atoms with van der Waals surface area (Å²) < 4.78 is 10.0. The Morgan fingerprint density at radius 3 is 2.54 bits per heavy atom. The number of thioether (sulfide) groups is 1. The molecule has 1 amide bonds. The Morgan fingerprint density at radius 1 is 1.29 bits per heavy atom. The maximum atomic E-state index is 12.2. The van der Waals surface area contributed by atoms with Gasteiger partial charge in [0.2, 0.25) is 0 Å². The van der Waals surface area contributed by atoms with E-state index in [1.807, 2.05) is 6.26 Å². The second-order valence-electron chi connectivity index (χ2n) is 4.48. The van der Waals surface area contributed by atoms with Crippen LogP contribution in [0, 0.1) is 10.1 Å². The van der Waals surface area contributed by atoms with E-state index >= 15 is 0 Å². The van der Waals surface area contributed by atoms with E-state index in [1.165, 1.54) is 31.0 Å². The smallest absolute Gasteiger partial charge is 0.285 e. The predicted molar refractivity (Wildman–Crippen MR) is 95.8 cm³/mol. The average molecular weight is 380 g/mol. The fourth-order valence-electron chi connectivity index (χ4n) is 1.86. The van der Waals surface area contributed by atoms with E-state index in [0.717, 1.165) is 0 Å². The summed E-state index contributed by atoms with van der Waals surface area (Å²) in [6, 6.07) is 2.76. The highest BCUT2D eigenvalue weighted by molar-refractivity contribution is 7.98. The Balaban J connectivity index is 0.00000529. The topological polar surface area (TPSA) is 103 Å². The largest absolute Gasteiger partial charge is 0.495 e. The van der Waals surface area contributed by atoms with Crippen LogP contribution < -0.4 is 15.4 Å². The zero-order valence-electron chi connectivity index (χ0n) is 13.8. The molecule has 0 atom stereocenters. The van der Waals surface area contributed by atoms with Crippen LogP contribution in [0.4, 0.5) is 5.69 Å². The van der Waals surface area contributed by atoms with Crippen LogP contribution in [0.1, 0.15) is 10.4 Å². The van der Waals surface area contributed by atoms with Gasteiger partial charge in [-0.15, -0.1) is 24.2 Å². The number of benzene rings is 1. The van der Waals surface area contributed by atoms with Gasteiger partial charge < -0.3 is 20.1 Å². The fourth-order valence-corrected chi connectivity index (χ4v) is 2.44. The lowest BCUT2D eigenvalue weighted by Crippen LogP contribution is -2.33. The summed E-state index contributed by atoms with van der Waals surface area (Å²) >= 11 is 1.36. The van der Waals surface area contributed by atoms with Crippen LogP contribution in [0.5, 0.6) is 5.75 Å². The molecule has 0 aliphatic heterocycles. The molecule has 1 aromatic rings. The molecule has 0 aliphatic rings. The number of nitro benzene ring substituents is 1. The van der Waals surface area contributed by atoms with Crippen LogP contribution in [0.3, 0.4) is 0 Å². The third kappa shape index (κ3) is 6.52. The van der Waals surface area contributed by atoms with Crippen LogP contribution in [-0.4, -0.2) is 57.5 Å². The van der Waals surface area contributed by atoms with Gasteiger partial charge in [-0.2, -0.15) is 0 Å². The van der Waals surface area contributed by atoms with Crippen molar-refractivity contribution in [1.82, 2.24) is 10.6 Å². The van der Waals surface area contributed by atoms with Gasteiger partial charge in [-0.3, -0.25) is 14.9 Å². The van der Waals surface area contributed by atoms with Crippen molar-refractivity contribution in [3.63, 3.8) is 0 Å². The SMILES string of the molecule is COCCNCCNC(=O)c1cc(SC)c(OC)cc1[N+](=O)[O-].Cl. The number of ether oxygens (including phenoxy) is 2. The average Bonchev–Trinajstić information content (AvgIpc) is 2.56. The summed E-state index contributed by atoms with van der Waals surface area (Å²) in [5, 5.41) is 16.9. The molecule has 0 radical (unpaired) electrons. The molecule has 136 valence electrons. The van der Waals surface area contributed by atoms with Gasteiger partial charge in [-0.25, -0.2) is 0 Å². The van der Waals surface area contributed by atoms with Gasteiger partial charge in [0.1, 0.15) is 11.3 Å². The number of carbonyl (C=O) groups excluding carboxylic acids is 1. The van der Waals surface area contributed by atoms with E-state index in [4.69, 9.17) is 9.47 Å². The first-order valence-electron chi connectivity index (χ1n) is 6.93. The van der Waals surface area contributed by atoms with E-state index in [9.17, 15) is 14.9 Å². The van der Waals surface area contributed by atoms with Crippen molar-refractivity contribution in [1.29, 1.82) is 0 Å². The van der Waals surface area contributed by atoms with Crippen molar-refractivity contribution < 1.29 is 19.2 Å². The monoisotopic (exact) mass is 379 g/mol. The van der Waals surface area contributed by atoms with E-state index in [1.54, 1.807) is 7.11 Å². The Morgan fingerprint density at radius 2 is 2.00 bits per heavy atom. The van der Waals surface area contributed by atoms with Crippen molar-refractivity contribution in [2.24, 2.45) is 0 Å². The van der Waals surface area contributed by atoms with Crippen molar-refractivity contribution in [3.8, 4) is 5.75 Å². The number of hydrogen-bond acceptors (Lipinski definition) is 7. The highest BCUT2D eigenvalue weighted by atomic mass is 35.5. The van der Waals surface area contributed by atoms with Gasteiger partial charge in [0.15, 0.2) is 0 Å². The molecule has 0 fully saturated rings. The molecular formula is C14H22ClN3O5S. The van der Waals surface area contributed by atoms with Gasteiger partial charge in [-0.05, 0) is 12.3 Å². The molecule has 0 saturated heterocycles. The predicted octanol–water partition coefficient (Wildman–Crippen LogP) is 1.71. The van der Waals surface area contributed by atoms with Crippen molar-refractivity contribution in [3.05, 3.63) is 27.8 Å². The number of methoxy groups -OCH3 is 2. The molecule has 0 bridgehead atoms. The van der Waals surface area contributed by atoms with Crippen LogP contribution in [-0.2, 0) is 4.74 Å². The van der Waals surface area contributed by atoms with Gasteiger partial charge in [-0.1, -0.05) is 0 Å². The summed E-state index contributed by atoms with van der Waals surface area (Å²) in [6.45, 7) is 2.16. The first kappa shape index (κ1) is 22.4. The first-order chi connectivity index (χ1) is 11.0. The third-order valence-corrected chi connectivity index (χ3v) is 3.77. The molecule has 10 heteroatoms. The first-order valence-corrected chi connectivity index (χ1v) is 8.15. The normalized spacial score (nSPS) is 9.96. The van der Waals surface area contributed by atoms with Gasteiger partial charge in [0, 0.05) is 26.7 Å². The molecule has 0 unspecified atom stereocenters. The summed E-state index contributed by atoms with van der Waals surface area (Å²) in [5.41, 5.74) is -0.249. The van der Waals surface area contributed by atoms with Gasteiger partial charge in [0.05, 0.1) is 29.6 Å². The quantitative estimate of drug-likeness (QED) is 0.276. The van der Waals surface area contributed by atoms with E-state index < -0.39 is 10.8 Å². The zero-order valence-corrected chi connectivity index (χ0v) is 15.4. The molecule has 24 heavy (non-hydrogen) atoms. The highest BCUT2D eigenvalue weighted by Crippen LogP contribution is 2.34. The molecule has 0 saturated carbocycles. The molecule has 2 N–H and O–H groups in total. The second-order valence-corrected chi connectivity index (χ2v) is 5.33. The number of halogens is 1. The maximum absolute atomic E-state index is 12.2. The van der Waals surface area contributed by atoms with Gasteiger partial charge in [0.25, 0.3) is 11.6 Å². The molecular weight excluding hydrogens is 358 g/mol. The van der Waals surface area contributed by atoms with E-state index in [2.05, 4.69) is 10.6 Å². The van der Waals surface area contributed by atoms with E-state index in [0.29, 0.717) is 36.9 Å². The number of carbonyl (C=O) groups is 1. The Hall–Kier alpha value is -1.55. The van der Waals surface area contributed by atoms with Crippen molar-refractivity contribution >= 4 is 35.8 Å². The highest BCUT2D eigenvalue weighted by Gasteiger charge is 2.23. The number of nitrogens with one attached hydrogen (secondary N) is 2. The van der Waals surface area contributed by atoms with Gasteiger partial charge >= 0.3 is 0 Å². The molecule has 1 rings (SSSR count). The van der Waals surface area contributed by atoms with Crippen LogP contribution >= 0.6 is 24.2 Å². The molecule has 0 spiro atoms. The van der Waals surface area contributed by atoms with Crippen LogP contribution in [0.25, 0.3) is 0 Å². The number of hydrogen-bond donors (Lipinski definition) is 2. The summed E-state index contributed by atoms with van der Waals surface area (Å²) in [4.78, 5) is 23.5. The number of rotatable bonds is 10. The maximum Gasteiger partial charge on any atom is 0.285 e. The third-order valence-electron chi connectivity index (χ3n) is 3.01. The van der Waals surface area contributed by atoms with Crippen molar-refractivity contribution in [2.45, 2.75) is 4.90 Å². The number of nitro groups is 1. The fraction of sp³-hybridized carbons (Fsp3) is 0.500. The standard InChI is InChI=1S/C14H21N3O5S.ClH/c1-21-7-6-15-4-5-16-14(18)10-8-13(23-3)12(22-2)9-11(10)17(19)20;/h8-9,15H,4-7H2,1-3H3,(H,16,18);1H. The summed E-state index contributed by atoms with van der Waals surface area (Å²) in [5.74, 6) is -0.106. The van der Waals surface area contributed by atoms with Crippen molar-refractivity contribution in [2.75, 3.05) is 46.7 Å². The Kier molecular flexibility index (Phi) is 11.1. The van der Waals surface area contributed by atoms with E-state index in [-0.39, 0.29) is 23.7 Å². The lowest BCUT2D eigenvalue weighted by atomic mass is 10.1. The number of amides is 1. The molecule has 0 heterocycles. The summed E-state index contributed by atoms with van der Waals surface area (Å²) in [7, 11) is 3.04. The molecule has 0 aromatic heterocycles. The number of nitrogens with zero attached hydrogens (tertiary/aromatic N) is 1. The lowest BCUT2D eigenvalue weighted by molar-refractivity contribution is -0.385. The second kappa shape index (κ2) is 11.9. The molecule has 8 nitrogen and oxygen atoms in total. The minimum absolute atomic E-state index is 0. The Bertz CT molecular complexity index is 559. The Labute approximate surface area is 151 Å². The minimum atomic E-state index is -0.585. The molecule has 1 aromatic carbocycles. The lowest BCUT2D eigenvalue weighted by Gasteiger charge is -2.10. The van der Waals surface area contributed by atoms with Crippen LogP contribution in [0.15, 0.2) is 17.0 Å².